The fourth-order valence-electron chi connectivity index (χ4n) is 1.30. The smallest absolute Gasteiger partial charge is 0.339 e. The van der Waals surface area contributed by atoms with Crippen molar-refractivity contribution in [3.05, 3.63) is 44.8 Å². The van der Waals surface area contributed by atoms with Crippen molar-refractivity contribution in [3.63, 3.8) is 0 Å². The molecule has 18 heavy (non-hydrogen) atoms. The Labute approximate surface area is 108 Å². The molecule has 1 N–H and O–H groups in total. The van der Waals surface area contributed by atoms with Crippen LogP contribution in [0.2, 0.25) is 0 Å². The zero-order valence-electron chi connectivity index (χ0n) is 8.65. The van der Waals surface area contributed by atoms with Crippen LogP contribution >= 0.6 is 15.9 Å². The van der Waals surface area contributed by atoms with E-state index in [4.69, 9.17) is 5.11 Å². The monoisotopic (exact) mass is 312 g/mol. The first kappa shape index (κ1) is 12.2. The fourth-order valence-corrected chi connectivity index (χ4v) is 1.63. The third-order valence-corrected chi connectivity index (χ3v) is 2.49. The van der Waals surface area contributed by atoms with E-state index in [-0.39, 0.29) is 17.1 Å². The van der Waals surface area contributed by atoms with E-state index in [1.165, 1.54) is 12.3 Å². The molecule has 0 amide bonds. The lowest BCUT2D eigenvalue weighted by Crippen LogP contribution is -2.08. The van der Waals surface area contributed by atoms with Gasteiger partial charge < -0.3 is 5.11 Å². The second-order valence-corrected chi connectivity index (χ2v) is 4.15. The molecule has 0 atom stereocenters. The molecular weight excluding hydrogens is 308 g/mol. The van der Waals surface area contributed by atoms with Crippen LogP contribution in [0.3, 0.4) is 0 Å². The second kappa shape index (κ2) is 4.53. The van der Waals surface area contributed by atoms with E-state index in [1.54, 1.807) is 0 Å². The summed E-state index contributed by atoms with van der Waals surface area (Å²) in [5.74, 6) is -1.18. The van der Waals surface area contributed by atoms with Gasteiger partial charge in [-0.3, -0.25) is 10.1 Å². The van der Waals surface area contributed by atoms with Gasteiger partial charge in [-0.2, -0.15) is 5.10 Å². The summed E-state index contributed by atoms with van der Waals surface area (Å²) in [4.78, 5) is 24.8. The lowest BCUT2D eigenvalue weighted by molar-refractivity contribution is -0.384. The molecule has 0 aliphatic rings. The van der Waals surface area contributed by atoms with Crippen molar-refractivity contribution in [2.45, 2.75) is 0 Å². The van der Waals surface area contributed by atoms with Crippen LogP contribution in [0.4, 0.5) is 5.69 Å². The number of aromatic carboxylic acids is 1. The van der Waals surface area contributed by atoms with E-state index in [0.29, 0.717) is 4.47 Å². The molecule has 0 aromatic carbocycles. The summed E-state index contributed by atoms with van der Waals surface area (Å²) >= 11 is 3.10. The Morgan fingerprint density at radius 2 is 2.22 bits per heavy atom. The number of nitrogens with zero attached hydrogens (tertiary/aromatic N) is 4. The van der Waals surface area contributed by atoms with E-state index >= 15 is 0 Å². The van der Waals surface area contributed by atoms with Crippen LogP contribution in [-0.2, 0) is 0 Å². The highest BCUT2D eigenvalue weighted by atomic mass is 79.9. The van der Waals surface area contributed by atoms with E-state index < -0.39 is 10.9 Å². The lowest BCUT2D eigenvalue weighted by atomic mass is 10.2. The number of halogens is 1. The number of nitro groups is 1. The summed E-state index contributed by atoms with van der Waals surface area (Å²) in [5, 5.41) is 23.3. The third kappa shape index (κ3) is 2.20. The van der Waals surface area contributed by atoms with Gasteiger partial charge in [0.15, 0.2) is 5.82 Å². The second-order valence-electron chi connectivity index (χ2n) is 3.23. The Morgan fingerprint density at radius 1 is 1.50 bits per heavy atom. The van der Waals surface area contributed by atoms with Crippen LogP contribution in [0.25, 0.3) is 5.82 Å². The first-order chi connectivity index (χ1) is 8.49. The highest BCUT2D eigenvalue weighted by Gasteiger charge is 2.17. The minimum Gasteiger partial charge on any atom is -0.478 e. The van der Waals surface area contributed by atoms with Crippen molar-refractivity contribution in [3.8, 4) is 5.82 Å². The van der Waals surface area contributed by atoms with Crippen LogP contribution in [0.15, 0.2) is 29.1 Å². The average molecular weight is 313 g/mol. The largest absolute Gasteiger partial charge is 0.478 e. The highest BCUT2D eigenvalue weighted by Crippen LogP contribution is 2.19. The van der Waals surface area contributed by atoms with Crippen molar-refractivity contribution in [2.24, 2.45) is 0 Å². The van der Waals surface area contributed by atoms with Gasteiger partial charge in [-0.25, -0.2) is 14.5 Å². The van der Waals surface area contributed by atoms with Gasteiger partial charge in [0.05, 0.1) is 4.92 Å². The lowest BCUT2D eigenvalue weighted by Gasteiger charge is -2.04. The van der Waals surface area contributed by atoms with Gasteiger partial charge in [0.1, 0.15) is 18.0 Å². The molecule has 0 unspecified atom stereocenters. The predicted molar refractivity (Wildman–Crippen MR) is 62.7 cm³/mol. The minimum atomic E-state index is -1.20. The van der Waals surface area contributed by atoms with Crippen LogP contribution in [-0.4, -0.2) is 30.8 Å². The normalized spacial score (nSPS) is 10.3. The summed E-state index contributed by atoms with van der Waals surface area (Å²) in [5.41, 5.74) is -0.349. The standard InChI is InChI=1S/C9H5BrN4O4/c10-5-1-7(9(15)16)8(11-2-5)13-4-6(3-12-13)14(17)18/h1-4H,(H,15,16). The zero-order chi connectivity index (χ0) is 13.3. The maximum absolute atomic E-state index is 11.1. The van der Waals surface area contributed by atoms with Crippen LogP contribution in [0.1, 0.15) is 10.4 Å². The molecule has 2 heterocycles. The molecule has 2 rings (SSSR count). The minimum absolute atomic E-state index is 0.0128. The van der Waals surface area contributed by atoms with Crippen LogP contribution in [0.5, 0.6) is 0 Å². The Kier molecular flexibility index (Phi) is 3.06. The topological polar surface area (TPSA) is 111 Å². The van der Waals surface area contributed by atoms with Gasteiger partial charge in [0, 0.05) is 10.7 Å². The van der Waals surface area contributed by atoms with E-state index in [0.717, 1.165) is 17.1 Å². The number of aromatic nitrogens is 3. The molecule has 8 nitrogen and oxygen atoms in total. The van der Waals surface area contributed by atoms with Gasteiger partial charge in [0.2, 0.25) is 0 Å². The molecule has 0 saturated carbocycles. The molecule has 0 bridgehead atoms. The predicted octanol–water partition coefficient (Wildman–Crippen LogP) is 1.64. The summed E-state index contributed by atoms with van der Waals surface area (Å²) in [6.07, 6.45) is 3.51. The summed E-state index contributed by atoms with van der Waals surface area (Å²) in [6.45, 7) is 0. The zero-order valence-corrected chi connectivity index (χ0v) is 10.2. The SMILES string of the molecule is O=C(O)c1cc(Br)cnc1-n1cc([N+](=O)[O-])cn1. The number of hydrogen-bond donors (Lipinski definition) is 1. The highest BCUT2D eigenvalue weighted by molar-refractivity contribution is 9.10. The quantitative estimate of drug-likeness (QED) is 0.681. The van der Waals surface area contributed by atoms with E-state index in [2.05, 4.69) is 26.0 Å². The molecule has 0 spiro atoms. The van der Waals surface area contributed by atoms with Gasteiger partial charge in [-0.05, 0) is 22.0 Å². The number of rotatable bonds is 3. The van der Waals surface area contributed by atoms with Gasteiger partial charge in [-0.1, -0.05) is 0 Å². The first-order valence-corrected chi connectivity index (χ1v) is 5.36. The Hall–Kier alpha value is -2.29. The Bertz CT molecular complexity index is 639. The van der Waals surface area contributed by atoms with Crippen molar-refractivity contribution < 1.29 is 14.8 Å². The van der Waals surface area contributed by atoms with Gasteiger partial charge in [0.25, 0.3) is 0 Å². The molecule has 0 saturated heterocycles. The molecule has 2 aromatic rings. The average Bonchev–Trinajstić information content (AvgIpc) is 2.78. The Morgan fingerprint density at radius 3 is 2.78 bits per heavy atom. The first-order valence-electron chi connectivity index (χ1n) is 4.57. The number of carboxylic acids is 1. The van der Waals surface area contributed by atoms with Crippen molar-refractivity contribution in [1.82, 2.24) is 14.8 Å². The van der Waals surface area contributed by atoms with Crippen molar-refractivity contribution in [2.75, 3.05) is 0 Å². The maximum Gasteiger partial charge on any atom is 0.339 e. The Balaban J connectivity index is 2.55. The third-order valence-electron chi connectivity index (χ3n) is 2.06. The molecule has 9 heteroatoms. The van der Waals surface area contributed by atoms with Gasteiger partial charge >= 0.3 is 11.7 Å². The number of hydrogen-bond acceptors (Lipinski definition) is 5. The van der Waals surface area contributed by atoms with Crippen molar-refractivity contribution >= 4 is 27.6 Å². The van der Waals surface area contributed by atoms with E-state index in [9.17, 15) is 14.9 Å². The summed E-state index contributed by atoms with van der Waals surface area (Å²) in [7, 11) is 0. The molecule has 2 aromatic heterocycles. The molecule has 0 aliphatic heterocycles. The molecule has 0 fully saturated rings. The van der Waals surface area contributed by atoms with Crippen LogP contribution in [0, 0.1) is 10.1 Å². The van der Waals surface area contributed by atoms with Gasteiger partial charge in [-0.15, -0.1) is 0 Å². The molecule has 0 radical (unpaired) electrons. The molecule has 92 valence electrons. The summed E-state index contributed by atoms with van der Waals surface area (Å²) < 4.78 is 1.54. The number of pyridine rings is 1. The molecular formula is C9H5BrN4O4. The van der Waals surface area contributed by atoms with Crippen molar-refractivity contribution in [1.29, 1.82) is 0 Å². The van der Waals surface area contributed by atoms with Crippen LogP contribution < -0.4 is 0 Å². The number of carbonyl (C=O) groups is 1. The summed E-state index contributed by atoms with van der Waals surface area (Å²) in [6, 6.07) is 1.35. The van der Waals surface area contributed by atoms with E-state index in [1.807, 2.05) is 0 Å². The number of carboxylic acid groups (broad SMARTS) is 1. The fraction of sp³-hybridized carbons (Fsp3) is 0. The molecule has 0 aliphatic carbocycles. The maximum atomic E-state index is 11.1.